The van der Waals surface area contributed by atoms with Gasteiger partial charge in [0.25, 0.3) is 5.91 Å². The maximum Gasteiger partial charge on any atom is 0.326 e. The monoisotopic (exact) mass is 264 g/mol. The van der Waals surface area contributed by atoms with Crippen LogP contribution in [0.15, 0.2) is 6.07 Å². The van der Waals surface area contributed by atoms with Gasteiger partial charge in [-0.3, -0.25) is 4.79 Å². The molecule has 1 heterocycles. The lowest BCUT2D eigenvalue weighted by Gasteiger charge is -2.13. The molecule has 1 amide bonds. The molecule has 0 spiro atoms. The summed E-state index contributed by atoms with van der Waals surface area (Å²) in [4.78, 5) is 23.3. The van der Waals surface area contributed by atoms with E-state index >= 15 is 0 Å². The summed E-state index contributed by atoms with van der Waals surface area (Å²) in [5.41, 5.74) is 2.48. The fourth-order valence-electron chi connectivity index (χ4n) is 2.55. The van der Waals surface area contributed by atoms with Crippen LogP contribution in [0.1, 0.15) is 41.5 Å². The van der Waals surface area contributed by atoms with Crippen LogP contribution >= 0.6 is 0 Å². The first-order valence-corrected chi connectivity index (χ1v) is 6.66. The quantitative estimate of drug-likeness (QED) is 0.850. The van der Waals surface area contributed by atoms with Crippen molar-refractivity contribution in [3.05, 3.63) is 23.0 Å². The van der Waals surface area contributed by atoms with Crippen LogP contribution in [0.25, 0.3) is 0 Å². The zero-order valence-corrected chi connectivity index (χ0v) is 11.6. The van der Waals surface area contributed by atoms with E-state index in [2.05, 4.69) is 5.32 Å². The minimum atomic E-state index is -0.944. The van der Waals surface area contributed by atoms with Crippen LogP contribution < -0.4 is 5.32 Å². The van der Waals surface area contributed by atoms with Gasteiger partial charge in [-0.1, -0.05) is 0 Å². The topological polar surface area (TPSA) is 71.3 Å². The molecular formula is C14H20N2O3. The van der Waals surface area contributed by atoms with Crippen LogP contribution in [-0.4, -0.2) is 27.6 Å². The molecule has 2 N–H and O–H groups in total. The summed E-state index contributed by atoms with van der Waals surface area (Å²) in [6.07, 6.45) is 1.76. The third kappa shape index (κ3) is 2.64. The number of hydrogen-bond acceptors (Lipinski definition) is 2. The molecule has 1 aliphatic carbocycles. The Morgan fingerprint density at radius 3 is 2.53 bits per heavy atom. The number of carbonyl (C=O) groups is 2. The molecule has 1 saturated carbocycles. The highest BCUT2D eigenvalue weighted by Crippen LogP contribution is 2.33. The Morgan fingerprint density at radius 2 is 2.11 bits per heavy atom. The number of carboxylic acids is 1. The molecule has 0 saturated heterocycles. The fraction of sp³-hybridized carbons (Fsp3) is 0.571. The molecule has 5 nitrogen and oxygen atoms in total. The predicted octanol–water partition coefficient (Wildman–Crippen LogP) is 1.72. The maximum atomic E-state index is 12.2. The minimum Gasteiger partial charge on any atom is -0.480 e. The van der Waals surface area contributed by atoms with E-state index < -0.39 is 12.0 Å². The third-order valence-electron chi connectivity index (χ3n) is 3.78. The molecule has 0 aromatic carbocycles. The molecule has 1 aromatic heterocycles. The van der Waals surface area contributed by atoms with E-state index in [1.54, 1.807) is 0 Å². The van der Waals surface area contributed by atoms with Crippen LogP contribution in [0.3, 0.4) is 0 Å². The first-order chi connectivity index (χ1) is 8.95. The van der Waals surface area contributed by atoms with E-state index in [0.29, 0.717) is 5.56 Å². The second kappa shape index (κ2) is 5.07. The van der Waals surface area contributed by atoms with Gasteiger partial charge in [-0.15, -0.1) is 0 Å². The lowest BCUT2D eigenvalue weighted by molar-refractivity contribution is -0.139. The Kier molecular flexibility index (Phi) is 3.64. The smallest absolute Gasteiger partial charge is 0.326 e. The van der Waals surface area contributed by atoms with E-state index in [4.69, 9.17) is 5.11 Å². The van der Waals surface area contributed by atoms with Crippen molar-refractivity contribution in [1.29, 1.82) is 0 Å². The van der Waals surface area contributed by atoms with Crippen LogP contribution in [0.5, 0.6) is 0 Å². The summed E-state index contributed by atoms with van der Waals surface area (Å²) in [5.74, 6) is -1.14. The number of aryl methyl sites for hydroxylation is 1. The zero-order valence-electron chi connectivity index (χ0n) is 11.6. The fourth-order valence-corrected chi connectivity index (χ4v) is 2.55. The van der Waals surface area contributed by atoms with Gasteiger partial charge in [-0.25, -0.2) is 4.79 Å². The van der Waals surface area contributed by atoms with Gasteiger partial charge >= 0.3 is 5.97 Å². The Hall–Kier alpha value is -1.78. The number of aromatic nitrogens is 1. The van der Waals surface area contributed by atoms with Crippen LogP contribution in [0, 0.1) is 19.8 Å². The molecule has 2 rings (SSSR count). The molecule has 5 heteroatoms. The highest BCUT2D eigenvalue weighted by Gasteiger charge is 2.37. The zero-order chi connectivity index (χ0) is 14.2. The van der Waals surface area contributed by atoms with Crippen molar-refractivity contribution >= 4 is 11.9 Å². The van der Waals surface area contributed by atoms with E-state index in [-0.39, 0.29) is 11.8 Å². The summed E-state index contributed by atoms with van der Waals surface area (Å²) in [6.45, 7) is 6.66. The van der Waals surface area contributed by atoms with Crippen molar-refractivity contribution in [2.45, 2.75) is 46.2 Å². The second-order valence-electron chi connectivity index (χ2n) is 5.16. The molecular weight excluding hydrogens is 244 g/mol. The molecule has 1 unspecified atom stereocenters. The molecule has 0 bridgehead atoms. The number of nitrogens with one attached hydrogen (secondary N) is 1. The van der Waals surface area contributed by atoms with Crippen molar-refractivity contribution in [2.24, 2.45) is 5.92 Å². The SMILES string of the molecule is CCn1c(C)cc(C(=O)NC(C(=O)O)C2CC2)c1C. The number of nitrogens with zero attached hydrogens (tertiary/aromatic N) is 1. The molecule has 19 heavy (non-hydrogen) atoms. The summed E-state index contributed by atoms with van der Waals surface area (Å²) in [7, 11) is 0. The summed E-state index contributed by atoms with van der Waals surface area (Å²) < 4.78 is 2.04. The van der Waals surface area contributed by atoms with Gasteiger partial charge in [-0.05, 0) is 45.6 Å². The predicted molar refractivity (Wildman–Crippen MR) is 71.2 cm³/mol. The highest BCUT2D eigenvalue weighted by molar-refractivity contribution is 5.98. The lowest BCUT2D eigenvalue weighted by atomic mass is 10.1. The second-order valence-corrected chi connectivity index (χ2v) is 5.16. The average Bonchev–Trinajstić information content (AvgIpc) is 3.12. The van der Waals surface area contributed by atoms with E-state index in [1.807, 2.05) is 31.4 Å². The molecule has 1 aliphatic rings. The van der Waals surface area contributed by atoms with Gasteiger partial charge < -0.3 is 15.0 Å². The van der Waals surface area contributed by atoms with Crippen molar-refractivity contribution in [3.63, 3.8) is 0 Å². The van der Waals surface area contributed by atoms with Gasteiger partial charge in [0.2, 0.25) is 0 Å². The summed E-state index contributed by atoms with van der Waals surface area (Å²) in [6, 6.07) is 1.07. The molecule has 1 aromatic rings. The molecule has 104 valence electrons. The number of rotatable bonds is 5. The first-order valence-electron chi connectivity index (χ1n) is 6.66. The van der Waals surface area contributed by atoms with E-state index in [9.17, 15) is 9.59 Å². The van der Waals surface area contributed by atoms with E-state index in [0.717, 1.165) is 30.8 Å². The largest absolute Gasteiger partial charge is 0.480 e. The summed E-state index contributed by atoms with van der Waals surface area (Å²) >= 11 is 0. The minimum absolute atomic E-state index is 0.0936. The number of hydrogen-bond donors (Lipinski definition) is 2. The van der Waals surface area contributed by atoms with Gasteiger partial charge in [0.05, 0.1) is 5.56 Å². The Morgan fingerprint density at radius 1 is 1.47 bits per heavy atom. The van der Waals surface area contributed by atoms with E-state index in [1.165, 1.54) is 0 Å². The Balaban J connectivity index is 2.17. The molecule has 0 radical (unpaired) electrons. The first kappa shape index (κ1) is 13.6. The van der Waals surface area contributed by atoms with Crippen LogP contribution in [0.4, 0.5) is 0 Å². The molecule has 0 aliphatic heterocycles. The Bertz CT molecular complexity index is 515. The third-order valence-corrected chi connectivity index (χ3v) is 3.78. The Labute approximate surface area is 112 Å². The number of carboxylic acid groups (broad SMARTS) is 1. The molecule has 1 atom stereocenters. The highest BCUT2D eigenvalue weighted by atomic mass is 16.4. The maximum absolute atomic E-state index is 12.2. The normalized spacial score (nSPS) is 16.2. The lowest BCUT2D eigenvalue weighted by Crippen LogP contribution is -2.42. The van der Waals surface area contributed by atoms with Gasteiger partial charge in [-0.2, -0.15) is 0 Å². The van der Waals surface area contributed by atoms with Crippen molar-refractivity contribution in [2.75, 3.05) is 0 Å². The van der Waals surface area contributed by atoms with Crippen molar-refractivity contribution in [3.8, 4) is 0 Å². The average molecular weight is 264 g/mol. The standard InChI is InChI=1S/C14H20N2O3/c1-4-16-8(2)7-11(9(16)3)13(17)15-12(14(18)19)10-5-6-10/h7,10,12H,4-6H2,1-3H3,(H,15,17)(H,18,19). The molecule has 1 fully saturated rings. The van der Waals surface area contributed by atoms with Crippen molar-refractivity contribution in [1.82, 2.24) is 9.88 Å². The van der Waals surface area contributed by atoms with Gasteiger partial charge in [0.1, 0.15) is 6.04 Å². The number of aliphatic carboxylic acids is 1. The number of carbonyl (C=O) groups excluding carboxylic acids is 1. The van der Waals surface area contributed by atoms with Gasteiger partial charge in [0.15, 0.2) is 0 Å². The number of amides is 1. The van der Waals surface area contributed by atoms with Crippen molar-refractivity contribution < 1.29 is 14.7 Å². The van der Waals surface area contributed by atoms with Crippen LogP contribution in [0.2, 0.25) is 0 Å². The van der Waals surface area contributed by atoms with Crippen LogP contribution in [-0.2, 0) is 11.3 Å². The van der Waals surface area contributed by atoms with Gasteiger partial charge in [0, 0.05) is 17.9 Å². The summed E-state index contributed by atoms with van der Waals surface area (Å²) in [5, 5.41) is 11.8.